The zero-order valence-electron chi connectivity index (χ0n) is 13.4. The molecule has 1 aromatic carbocycles. The number of benzene rings is 1. The van der Waals surface area contributed by atoms with E-state index < -0.39 is 5.97 Å². The van der Waals surface area contributed by atoms with Crippen molar-refractivity contribution in [2.24, 2.45) is 21.7 Å². The highest BCUT2D eigenvalue weighted by Crippen LogP contribution is 2.17. The topological polar surface area (TPSA) is 127 Å². The van der Waals surface area contributed by atoms with Gasteiger partial charge in [-0.15, -0.1) is 5.10 Å². The van der Waals surface area contributed by atoms with Crippen LogP contribution >= 0.6 is 0 Å². The highest BCUT2D eigenvalue weighted by Gasteiger charge is 2.10. The summed E-state index contributed by atoms with van der Waals surface area (Å²) in [5.74, 6) is -0.871. The maximum absolute atomic E-state index is 9.00. The third-order valence-corrected chi connectivity index (χ3v) is 2.98. The van der Waals surface area contributed by atoms with Crippen molar-refractivity contribution in [3.05, 3.63) is 29.8 Å². The lowest BCUT2D eigenvalue weighted by atomic mass is 10.1. The number of morpholine rings is 1. The summed E-state index contributed by atoms with van der Waals surface area (Å²) in [6.45, 7) is 6.39. The van der Waals surface area contributed by atoms with Crippen LogP contribution in [0.1, 0.15) is 19.4 Å². The van der Waals surface area contributed by atoms with Crippen molar-refractivity contribution in [1.29, 1.82) is 0 Å². The largest absolute Gasteiger partial charge is 0.481 e. The van der Waals surface area contributed by atoms with E-state index in [1.54, 1.807) is 0 Å². The van der Waals surface area contributed by atoms with Gasteiger partial charge in [0.15, 0.2) is 0 Å². The molecular weight excluding hydrogens is 298 g/mol. The van der Waals surface area contributed by atoms with Crippen molar-refractivity contribution in [2.45, 2.75) is 13.8 Å². The minimum Gasteiger partial charge on any atom is -0.481 e. The van der Waals surface area contributed by atoms with Crippen molar-refractivity contribution in [2.75, 3.05) is 31.2 Å². The van der Waals surface area contributed by atoms with Crippen LogP contribution in [0.15, 0.2) is 34.5 Å². The molecule has 0 amide bonds. The van der Waals surface area contributed by atoms with Crippen molar-refractivity contribution >= 4 is 23.3 Å². The summed E-state index contributed by atoms with van der Waals surface area (Å²) >= 11 is 0. The molecule has 0 aliphatic carbocycles. The Morgan fingerprint density at radius 3 is 2.13 bits per heavy atom. The molecule has 1 fully saturated rings. The molecule has 0 aromatic heterocycles. The molecule has 1 aliphatic rings. The molecule has 5 N–H and O–H groups in total. The average molecular weight is 321 g/mol. The number of carbonyl (C=O) groups is 1. The fourth-order valence-corrected chi connectivity index (χ4v) is 1.93. The summed E-state index contributed by atoms with van der Waals surface area (Å²) in [6, 6.07) is 8.20. The first-order valence-corrected chi connectivity index (χ1v) is 7.16. The van der Waals surface area contributed by atoms with Crippen LogP contribution in [0.25, 0.3) is 0 Å². The van der Waals surface area contributed by atoms with Gasteiger partial charge in [0.05, 0.1) is 18.9 Å². The molecule has 0 unspecified atom stereocenters. The van der Waals surface area contributed by atoms with E-state index in [0.717, 1.165) is 44.5 Å². The number of guanidine groups is 1. The predicted molar refractivity (Wildman–Crippen MR) is 90.8 cm³/mol. The average Bonchev–Trinajstić information content (AvgIpc) is 2.53. The van der Waals surface area contributed by atoms with Gasteiger partial charge >= 0.3 is 0 Å². The SMILES string of the molecule is CC(=NN=C(N)N)c1ccc(N2CCOCC2)cc1.CC(=O)O. The number of hydrogen-bond donors (Lipinski definition) is 3. The quantitative estimate of drug-likeness (QED) is 0.425. The fraction of sp³-hybridized carbons (Fsp3) is 0.400. The van der Waals surface area contributed by atoms with E-state index in [2.05, 4.69) is 27.2 Å². The molecule has 0 bridgehead atoms. The van der Waals surface area contributed by atoms with Crippen LogP contribution in [0.5, 0.6) is 0 Å². The minimum atomic E-state index is -0.833. The van der Waals surface area contributed by atoms with E-state index in [1.165, 1.54) is 5.69 Å². The molecule has 1 aliphatic heterocycles. The van der Waals surface area contributed by atoms with Crippen molar-refractivity contribution < 1.29 is 14.6 Å². The van der Waals surface area contributed by atoms with Gasteiger partial charge in [-0.3, -0.25) is 4.79 Å². The summed E-state index contributed by atoms with van der Waals surface area (Å²) in [7, 11) is 0. The maximum Gasteiger partial charge on any atom is 0.300 e. The lowest BCUT2D eigenvalue weighted by Crippen LogP contribution is -2.36. The van der Waals surface area contributed by atoms with Crippen molar-refractivity contribution in [1.82, 2.24) is 0 Å². The number of carboxylic acids is 1. The van der Waals surface area contributed by atoms with Crippen molar-refractivity contribution in [3.63, 3.8) is 0 Å². The zero-order valence-corrected chi connectivity index (χ0v) is 13.4. The number of rotatable bonds is 3. The Kier molecular flexibility index (Phi) is 7.55. The fourth-order valence-electron chi connectivity index (χ4n) is 1.93. The Balaban J connectivity index is 0.000000593. The molecule has 126 valence electrons. The summed E-state index contributed by atoms with van der Waals surface area (Å²) < 4.78 is 5.34. The molecule has 8 nitrogen and oxygen atoms in total. The summed E-state index contributed by atoms with van der Waals surface area (Å²) in [5, 5.41) is 15.0. The molecule has 2 rings (SSSR count). The van der Waals surface area contributed by atoms with E-state index in [9.17, 15) is 0 Å². The Labute approximate surface area is 135 Å². The number of nitrogens with zero attached hydrogens (tertiary/aromatic N) is 3. The Morgan fingerprint density at radius 1 is 1.13 bits per heavy atom. The first-order chi connectivity index (χ1) is 10.9. The molecule has 0 atom stereocenters. The van der Waals surface area contributed by atoms with Crippen LogP contribution in [0, 0.1) is 0 Å². The lowest BCUT2D eigenvalue weighted by Gasteiger charge is -2.28. The lowest BCUT2D eigenvalue weighted by molar-refractivity contribution is -0.134. The van der Waals surface area contributed by atoms with Crippen LogP contribution in [0.2, 0.25) is 0 Å². The van der Waals surface area contributed by atoms with Crippen LogP contribution in [-0.2, 0) is 9.53 Å². The first kappa shape index (κ1) is 18.4. The highest BCUT2D eigenvalue weighted by molar-refractivity contribution is 5.99. The second kappa shape index (κ2) is 9.42. The summed E-state index contributed by atoms with van der Waals surface area (Å²) in [5.41, 5.74) is 13.5. The van der Waals surface area contributed by atoms with Gasteiger partial charge < -0.3 is 26.2 Å². The second-order valence-corrected chi connectivity index (χ2v) is 4.88. The molecule has 23 heavy (non-hydrogen) atoms. The molecular formula is C15H23N5O3. The molecule has 1 heterocycles. The number of hydrogen-bond acceptors (Lipinski definition) is 5. The van der Waals surface area contributed by atoms with Crippen LogP contribution in [-0.4, -0.2) is 49.1 Å². The highest BCUT2D eigenvalue weighted by atomic mass is 16.5. The van der Waals surface area contributed by atoms with Gasteiger partial charge in [0.2, 0.25) is 5.96 Å². The normalized spacial score (nSPS) is 14.5. The summed E-state index contributed by atoms with van der Waals surface area (Å²) in [6.07, 6.45) is 0. The van der Waals surface area contributed by atoms with Gasteiger partial charge in [0, 0.05) is 25.7 Å². The minimum absolute atomic E-state index is 0.0377. The van der Waals surface area contributed by atoms with Gasteiger partial charge in [0.1, 0.15) is 0 Å². The monoisotopic (exact) mass is 321 g/mol. The van der Waals surface area contributed by atoms with Gasteiger partial charge in [-0.2, -0.15) is 5.10 Å². The van der Waals surface area contributed by atoms with Crippen LogP contribution in [0.3, 0.4) is 0 Å². The number of aliphatic carboxylic acids is 1. The number of nitrogens with two attached hydrogens (primary N) is 2. The van der Waals surface area contributed by atoms with E-state index in [-0.39, 0.29) is 5.96 Å². The van der Waals surface area contributed by atoms with E-state index >= 15 is 0 Å². The zero-order chi connectivity index (χ0) is 17.2. The Hall–Kier alpha value is -2.61. The third-order valence-electron chi connectivity index (χ3n) is 2.98. The van der Waals surface area contributed by atoms with Crippen LogP contribution < -0.4 is 16.4 Å². The summed E-state index contributed by atoms with van der Waals surface area (Å²) in [4.78, 5) is 11.3. The number of ether oxygens (including phenoxy) is 1. The van der Waals surface area contributed by atoms with Gasteiger partial charge in [-0.05, 0) is 24.6 Å². The number of carboxylic acid groups (broad SMARTS) is 1. The number of anilines is 1. The Bertz CT molecular complexity index is 555. The molecule has 8 heteroatoms. The first-order valence-electron chi connectivity index (χ1n) is 7.16. The van der Waals surface area contributed by atoms with E-state index in [1.807, 2.05) is 19.1 Å². The Morgan fingerprint density at radius 2 is 1.65 bits per heavy atom. The van der Waals surface area contributed by atoms with Gasteiger partial charge in [-0.1, -0.05) is 12.1 Å². The molecule has 0 spiro atoms. The van der Waals surface area contributed by atoms with E-state index in [0.29, 0.717) is 0 Å². The van der Waals surface area contributed by atoms with Crippen LogP contribution in [0.4, 0.5) is 5.69 Å². The molecule has 0 radical (unpaired) electrons. The van der Waals surface area contributed by atoms with Gasteiger partial charge in [-0.25, -0.2) is 0 Å². The van der Waals surface area contributed by atoms with Crippen molar-refractivity contribution in [3.8, 4) is 0 Å². The molecule has 1 aromatic rings. The standard InChI is InChI=1S/C13H19N5O.C2H4O2/c1-10(16-17-13(14)15)11-2-4-12(5-3-11)18-6-8-19-9-7-18;1-2(3)4/h2-5H,6-9H2,1H3,(H4,14,15,17);1H3,(H,3,4). The smallest absolute Gasteiger partial charge is 0.300 e. The van der Waals surface area contributed by atoms with Gasteiger partial charge in [0.25, 0.3) is 5.97 Å². The third kappa shape index (κ3) is 7.28. The van der Waals surface area contributed by atoms with E-state index in [4.69, 9.17) is 26.1 Å². The maximum atomic E-state index is 9.00. The predicted octanol–water partition coefficient (Wildman–Crippen LogP) is 0.612. The second-order valence-electron chi connectivity index (χ2n) is 4.88. The molecule has 0 saturated carbocycles. The molecule has 1 saturated heterocycles.